The summed E-state index contributed by atoms with van der Waals surface area (Å²) in [5.41, 5.74) is 4.27. The molecule has 0 radical (unpaired) electrons. The average molecular weight is 483 g/mol. The maximum Gasteiger partial charge on any atom is 0.111 e. The lowest BCUT2D eigenvalue weighted by Gasteiger charge is -2.09. The molecule has 0 bridgehead atoms. The molecule has 0 aliphatic carbocycles. The van der Waals surface area contributed by atoms with E-state index in [1.165, 1.54) is 0 Å². The molecule has 8 heteroatoms. The topological polar surface area (TPSA) is 73.8 Å². The number of rotatable bonds is 22. The van der Waals surface area contributed by atoms with Gasteiger partial charge in [0.1, 0.15) is 13.2 Å². The molecular formula is C26H42O8. The molecule has 0 aromatic heterocycles. The average Bonchev–Trinajstić information content (AvgIpc) is 2.86. The van der Waals surface area contributed by atoms with Crippen molar-refractivity contribution in [1.82, 2.24) is 0 Å². The zero-order valence-corrected chi connectivity index (χ0v) is 21.2. The summed E-state index contributed by atoms with van der Waals surface area (Å²) in [6.45, 7) is 10.6. The van der Waals surface area contributed by atoms with Gasteiger partial charge in [-0.3, -0.25) is 0 Å². The third-order valence-corrected chi connectivity index (χ3v) is 4.59. The molecule has 1 aromatic carbocycles. The van der Waals surface area contributed by atoms with Crippen molar-refractivity contribution >= 4 is 11.1 Å². The second kappa shape index (κ2) is 21.6. The van der Waals surface area contributed by atoms with E-state index in [0.29, 0.717) is 79.3 Å². The summed E-state index contributed by atoms with van der Waals surface area (Å²) in [5.74, 6) is 0. The van der Waals surface area contributed by atoms with E-state index in [0.717, 1.165) is 22.3 Å². The molecule has 8 nitrogen and oxygen atoms in total. The standard InChI is InChI=1S/C26H42O8/c1-23(21-33-18-16-31-14-12-29-10-8-27-3)25-6-5-7-26(20-25)24(2)22-34-19-17-32-15-13-30-11-9-28-4/h5-7,20-22H,8-19H2,1-4H3/b23-21+,24-22+. The molecule has 0 saturated heterocycles. The van der Waals surface area contributed by atoms with Gasteiger partial charge in [-0.15, -0.1) is 0 Å². The Morgan fingerprint density at radius 3 is 1.29 bits per heavy atom. The van der Waals surface area contributed by atoms with Gasteiger partial charge in [-0.2, -0.15) is 0 Å². The molecular weight excluding hydrogens is 440 g/mol. The number of allylic oxidation sites excluding steroid dienone is 2. The van der Waals surface area contributed by atoms with Crippen molar-refractivity contribution in [2.24, 2.45) is 0 Å². The van der Waals surface area contributed by atoms with Crippen LogP contribution in [0.5, 0.6) is 0 Å². The van der Waals surface area contributed by atoms with Gasteiger partial charge in [0.2, 0.25) is 0 Å². The first-order chi connectivity index (χ1) is 16.7. The molecule has 0 heterocycles. The van der Waals surface area contributed by atoms with E-state index < -0.39 is 0 Å². The van der Waals surface area contributed by atoms with Gasteiger partial charge in [0, 0.05) is 14.2 Å². The number of hydrogen-bond acceptors (Lipinski definition) is 8. The minimum atomic E-state index is 0.489. The number of hydrogen-bond donors (Lipinski definition) is 0. The van der Waals surface area contributed by atoms with Gasteiger partial charge in [-0.1, -0.05) is 18.2 Å². The van der Waals surface area contributed by atoms with Crippen LogP contribution >= 0.6 is 0 Å². The van der Waals surface area contributed by atoms with Crippen LogP contribution in [0.2, 0.25) is 0 Å². The largest absolute Gasteiger partial charge is 0.498 e. The van der Waals surface area contributed by atoms with Crippen molar-refractivity contribution in [3.63, 3.8) is 0 Å². The Kier molecular flexibility index (Phi) is 19.1. The lowest BCUT2D eigenvalue weighted by Crippen LogP contribution is -2.10. The van der Waals surface area contributed by atoms with E-state index in [9.17, 15) is 0 Å². The van der Waals surface area contributed by atoms with Crippen LogP contribution in [-0.2, 0) is 37.9 Å². The predicted octanol–water partition coefficient (Wildman–Crippen LogP) is 3.80. The lowest BCUT2D eigenvalue weighted by atomic mass is 10.0. The first kappa shape index (κ1) is 30.1. The van der Waals surface area contributed by atoms with Gasteiger partial charge in [-0.05, 0) is 42.2 Å². The van der Waals surface area contributed by atoms with Crippen LogP contribution in [0.3, 0.4) is 0 Å². The Bertz CT molecular complexity index is 621. The van der Waals surface area contributed by atoms with Crippen LogP contribution in [-0.4, -0.2) is 93.5 Å². The summed E-state index contributed by atoms with van der Waals surface area (Å²) in [5, 5.41) is 0. The quantitative estimate of drug-likeness (QED) is 0.183. The summed E-state index contributed by atoms with van der Waals surface area (Å²) in [4.78, 5) is 0. The van der Waals surface area contributed by atoms with Crippen molar-refractivity contribution < 1.29 is 37.9 Å². The summed E-state index contributed by atoms with van der Waals surface area (Å²) in [6.07, 6.45) is 3.53. The van der Waals surface area contributed by atoms with Crippen molar-refractivity contribution in [1.29, 1.82) is 0 Å². The van der Waals surface area contributed by atoms with Gasteiger partial charge >= 0.3 is 0 Å². The van der Waals surface area contributed by atoms with Gasteiger partial charge in [0.05, 0.1) is 78.6 Å². The molecule has 1 rings (SSSR count). The highest BCUT2D eigenvalue weighted by Gasteiger charge is 2.01. The third-order valence-electron chi connectivity index (χ3n) is 4.59. The molecule has 1 aromatic rings. The minimum Gasteiger partial charge on any atom is -0.498 e. The SMILES string of the molecule is COCCOCCOCCO/C=C(\C)c1cccc(/C(C)=C/OCCOCCOCCOC)c1. The zero-order valence-electron chi connectivity index (χ0n) is 21.2. The van der Waals surface area contributed by atoms with E-state index >= 15 is 0 Å². The maximum absolute atomic E-state index is 5.62. The fraction of sp³-hybridized carbons (Fsp3) is 0.615. The Morgan fingerprint density at radius 2 is 0.912 bits per heavy atom. The van der Waals surface area contributed by atoms with E-state index in [-0.39, 0.29) is 0 Å². The molecule has 0 aliphatic rings. The molecule has 0 N–H and O–H groups in total. The second-order valence-corrected chi connectivity index (χ2v) is 7.36. The number of ether oxygens (including phenoxy) is 8. The Balaban J connectivity index is 2.25. The van der Waals surface area contributed by atoms with E-state index in [1.54, 1.807) is 26.7 Å². The van der Waals surface area contributed by atoms with Crippen LogP contribution in [0.15, 0.2) is 36.8 Å². The molecule has 0 spiro atoms. The van der Waals surface area contributed by atoms with Crippen LogP contribution in [0.1, 0.15) is 25.0 Å². The lowest BCUT2D eigenvalue weighted by molar-refractivity contribution is 0.0144. The monoisotopic (exact) mass is 482 g/mol. The zero-order chi connectivity index (χ0) is 24.7. The first-order valence-corrected chi connectivity index (χ1v) is 11.7. The highest BCUT2D eigenvalue weighted by atomic mass is 16.6. The van der Waals surface area contributed by atoms with Crippen molar-refractivity contribution in [2.75, 3.05) is 93.5 Å². The predicted molar refractivity (Wildman–Crippen MR) is 133 cm³/mol. The summed E-state index contributed by atoms with van der Waals surface area (Å²) >= 11 is 0. The van der Waals surface area contributed by atoms with Crippen molar-refractivity contribution in [3.8, 4) is 0 Å². The molecule has 0 fully saturated rings. The van der Waals surface area contributed by atoms with Crippen LogP contribution < -0.4 is 0 Å². The molecule has 0 aliphatic heterocycles. The molecule has 0 amide bonds. The Morgan fingerprint density at radius 1 is 0.559 bits per heavy atom. The normalized spacial score (nSPS) is 12.2. The van der Waals surface area contributed by atoms with Crippen molar-refractivity contribution in [3.05, 3.63) is 47.9 Å². The van der Waals surface area contributed by atoms with Crippen LogP contribution in [0.4, 0.5) is 0 Å². The highest BCUT2D eigenvalue weighted by Crippen LogP contribution is 2.20. The molecule has 0 saturated carbocycles. The molecule has 0 unspecified atom stereocenters. The maximum atomic E-state index is 5.62. The van der Waals surface area contributed by atoms with Crippen LogP contribution in [0, 0.1) is 0 Å². The smallest absolute Gasteiger partial charge is 0.111 e. The molecule has 34 heavy (non-hydrogen) atoms. The van der Waals surface area contributed by atoms with Crippen molar-refractivity contribution in [2.45, 2.75) is 13.8 Å². The fourth-order valence-electron chi connectivity index (χ4n) is 2.66. The number of methoxy groups -OCH3 is 2. The van der Waals surface area contributed by atoms with Gasteiger partial charge in [-0.25, -0.2) is 0 Å². The second-order valence-electron chi connectivity index (χ2n) is 7.36. The summed E-state index contributed by atoms with van der Waals surface area (Å²) in [6, 6.07) is 8.26. The first-order valence-electron chi connectivity index (χ1n) is 11.7. The summed E-state index contributed by atoms with van der Waals surface area (Å²) in [7, 11) is 3.30. The third kappa shape index (κ3) is 15.8. The Hall–Kier alpha value is -1.94. The van der Waals surface area contributed by atoms with Gasteiger partial charge in [0.15, 0.2) is 0 Å². The fourth-order valence-corrected chi connectivity index (χ4v) is 2.66. The van der Waals surface area contributed by atoms with E-state index in [2.05, 4.69) is 18.2 Å². The van der Waals surface area contributed by atoms with Gasteiger partial charge < -0.3 is 37.9 Å². The van der Waals surface area contributed by atoms with Gasteiger partial charge in [0.25, 0.3) is 0 Å². The van der Waals surface area contributed by atoms with Crippen LogP contribution in [0.25, 0.3) is 11.1 Å². The highest BCUT2D eigenvalue weighted by molar-refractivity contribution is 5.70. The summed E-state index contributed by atoms with van der Waals surface area (Å²) < 4.78 is 42.7. The Labute approximate surface area is 204 Å². The molecule has 0 atom stereocenters. The minimum absolute atomic E-state index is 0.489. The molecule has 194 valence electrons. The van der Waals surface area contributed by atoms with E-state index in [4.69, 9.17) is 37.9 Å². The van der Waals surface area contributed by atoms with E-state index in [1.807, 2.05) is 19.9 Å². The number of benzene rings is 1.